The lowest BCUT2D eigenvalue weighted by Crippen LogP contribution is -2.48. The summed E-state index contributed by atoms with van der Waals surface area (Å²) in [6, 6.07) is 0.166. The number of aryl methyl sites for hydroxylation is 1. The summed E-state index contributed by atoms with van der Waals surface area (Å²) in [6.07, 6.45) is 5.16. The van der Waals surface area contributed by atoms with Crippen molar-refractivity contribution in [3.8, 4) is 0 Å². The Kier molecular flexibility index (Phi) is 4.10. The van der Waals surface area contributed by atoms with Crippen LogP contribution in [0.4, 0.5) is 0 Å². The maximum Gasteiger partial charge on any atom is 0.291 e. The SMILES string of the molecule is Cc1nc(C2CC2)oc1C(=O)N1CCC[C@@](O)(c2cn(C(C)C)nn2)C1. The second kappa shape index (κ2) is 6.19. The Morgan fingerprint density at radius 2 is 2.19 bits per heavy atom. The zero-order valence-electron chi connectivity index (χ0n) is 15.5. The van der Waals surface area contributed by atoms with E-state index in [0.29, 0.717) is 48.3 Å². The number of hydrogen-bond donors (Lipinski definition) is 1. The highest BCUT2D eigenvalue weighted by Crippen LogP contribution is 2.40. The number of piperidine rings is 1. The first-order valence-electron chi connectivity index (χ1n) is 9.28. The molecule has 1 saturated carbocycles. The van der Waals surface area contributed by atoms with Crippen LogP contribution >= 0.6 is 0 Å². The number of oxazole rings is 1. The fourth-order valence-electron chi connectivity index (χ4n) is 3.43. The monoisotopic (exact) mass is 359 g/mol. The summed E-state index contributed by atoms with van der Waals surface area (Å²) >= 11 is 0. The molecule has 4 rings (SSSR count). The molecule has 1 aliphatic carbocycles. The number of aliphatic hydroxyl groups is 1. The van der Waals surface area contributed by atoms with Crippen molar-refractivity contribution in [2.45, 2.75) is 64.0 Å². The van der Waals surface area contributed by atoms with Gasteiger partial charge in [-0.25, -0.2) is 9.67 Å². The quantitative estimate of drug-likeness (QED) is 0.898. The third-order valence-corrected chi connectivity index (χ3v) is 5.21. The molecular weight excluding hydrogens is 334 g/mol. The molecule has 1 aliphatic heterocycles. The Labute approximate surface area is 152 Å². The first kappa shape index (κ1) is 17.2. The van der Waals surface area contributed by atoms with E-state index in [1.807, 2.05) is 13.8 Å². The Hall–Kier alpha value is -2.22. The van der Waals surface area contributed by atoms with Crippen LogP contribution in [0.3, 0.4) is 0 Å². The molecule has 140 valence electrons. The normalized spacial score (nSPS) is 23.7. The van der Waals surface area contributed by atoms with Crippen LogP contribution in [0, 0.1) is 6.92 Å². The fraction of sp³-hybridized carbons (Fsp3) is 0.667. The van der Waals surface area contributed by atoms with Crippen LogP contribution in [0.2, 0.25) is 0 Å². The molecule has 0 bridgehead atoms. The first-order chi connectivity index (χ1) is 12.4. The van der Waals surface area contributed by atoms with Crippen molar-refractivity contribution in [2.24, 2.45) is 0 Å². The number of likely N-dealkylation sites (tertiary alicyclic amines) is 1. The number of β-amino-alcohol motifs (C(OH)–C–C–N with tert-alkyl or cyclic N) is 1. The lowest BCUT2D eigenvalue weighted by atomic mass is 9.90. The second-order valence-corrected chi connectivity index (χ2v) is 7.78. The molecular formula is C18H25N5O3. The number of hydrogen-bond acceptors (Lipinski definition) is 6. The standard InChI is InChI=1S/C18H25N5O3/c1-11(2)23-9-14(20-21-23)18(25)7-4-8-22(10-18)17(24)15-12(3)19-16(26-15)13-5-6-13/h9,11,13,25H,4-8,10H2,1-3H3/t18-/m0/s1. The first-order valence-corrected chi connectivity index (χ1v) is 9.28. The van der Waals surface area contributed by atoms with Crippen LogP contribution in [0.25, 0.3) is 0 Å². The predicted octanol–water partition coefficient (Wildman–Crippen LogP) is 2.16. The number of nitrogens with zero attached hydrogens (tertiary/aromatic N) is 5. The van der Waals surface area contributed by atoms with Crippen LogP contribution in [-0.2, 0) is 5.60 Å². The summed E-state index contributed by atoms with van der Waals surface area (Å²) in [5.74, 6) is 1.11. The minimum absolute atomic E-state index is 0.166. The molecule has 2 fully saturated rings. The van der Waals surface area contributed by atoms with Crippen LogP contribution in [0.15, 0.2) is 10.6 Å². The highest BCUT2D eigenvalue weighted by Gasteiger charge is 2.41. The van der Waals surface area contributed by atoms with E-state index in [9.17, 15) is 9.90 Å². The number of amides is 1. The van der Waals surface area contributed by atoms with Gasteiger partial charge >= 0.3 is 0 Å². The van der Waals surface area contributed by atoms with Gasteiger partial charge in [0.15, 0.2) is 5.89 Å². The Balaban J connectivity index is 1.54. The van der Waals surface area contributed by atoms with Crippen molar-refractivity contribution < 1.29 is 14.3 Å². The van der Waals surface area contributed by atoms with E-state index < -0.39 is 5.60 Å². The lowest BCUT2D eigenvalue weighted by Gasteiger charge is -2.37. The Bertz CT molecular complexity index is 823. The van der Waals surface area contributed by atoms with E-state index in [4.69, 9.17) is 4.42 Å². The topological polar surface area (TPSA) is 97.3 Å². The fourth-order valence-corrected chi connectivity index (χ4v) is 3.43. The molecule has 3 heterocycles. The maximum absolute atomic E-state index is 12.9. The maximum atomic E-state index is 12.9. The molecule has 2 aromatic heterocycles. The Morgan fingerprint density at radius 3 is 2.85 bits per heavy atom. The minimum Gasteiger partial charge on any atom is -0.435 e. The van der Waals surface area contributed by atoms with E-state index in [0.717, 1.165) is 12.8 Å². The highest BCUT2D eigenvalue weighted by molar-refractivity contribution is 5.92. The summed E-state index contributed by atoms with van der Waals surface area (Å²) in [5.41, 5.74) is -0.0534. The molecule has 8 nitrogen and oxygen atoms in total. The zero-order valence-corrected chi connectivity index (χ0v) is 15.5. The number of carbonyl (C=O) groups excluding carboxylic acids is 1. The molecule has 2 aliphatic rings. The van der Waals surface area contributed by atoms with Gasteiger partial charge in [0.1, 0.15) is 11.3 Å². The van der Waals surface area contributed by atoms with Gasteiger partial charge in [0.05, 0.1) is 18.4 Å². The van der Waals surface area contributed by atoms with E-state index in [2.05, 4.69) is 15.3 Å². The van der Waals surface area contributed by atoms with Crippen molar-refractivity contribution in [1.82, 2.24) is 24.9 Å². The van der Waals surface area contributed by atoms with Gasteiger partial charge < -0.3 is 14.4 Å². The van der Waals surface area contributed by atoms with Gasteiger partial charge in [-0.2, -0.15) is 0 Å². The van der Waals surface area contributed by atoms with Crippen molar-refractivity contribution in [3.63, 3.8) is 0 Å². The van der Waals surface area contributed by atoms with Gasteiger partial charge in [-0.3, -0.25) is 4.79 Å². The van der Waals surface area contributed by atoms with Gasteiger partial charge in [-0.15, -0.1) is 5.10 Å². The summed E-state index contributed by atoms with van der Waals surface area (Å²) in [6.45, 7) is 6.57. The third kappa shape index (κ3) is 3.02. The second-order valence-electron chi connectivity index (χ2n) is 7.78. The molecule has 0 radical (unpaired) electrons. The third-order valence-electron chi connectivity index (χ3n) is 5.21. The highest BCUT2D eigenvalue weighted by atomic mass is 16.4. The summed E-state index contributed by atoms with van der Waals surface area (Å²) in [4.78, 5) is 19.0. The molecule has 1 saturated heterocycles. The number of rotatable bonds is 4. The minimum atomic E-state index is -1.19. The molecule has 26 heavy (non-hydrogen) atoms. The van der Waals surface area contributed by atoms with Gasteiger partial charge in [0.2, 0.25) is 5.76 Å². The molecule has 1 amide bonds. The van der Waals surface area contributed by atoms with Gasteiger partial charge in [-0.05, 0) is 46.5 Å². The molecule has 0 spiro atoms. The predicted molar refractivity (Wildman–Crippen MR) is 92.7 cm³/mol. The van der Waals surface area contributed by atoms with E-state index in [1.54, 1.807) is 22.7 Å². The average Bonchev–Trinajstić information content (AvgIpc) is 3.18. The van der Waals surface area contributed by atoms with Crippen molar-refractivity contribution in [2.75, 3.05) is 13.1 Å². The molecule has 2 aromatic rings. The summed E-state index contributed by atoms with van der Waals surface area (Å²) in [5, 5.41) is 19.3. The van der Waals surface area contributed by atoms with Crippen molar-refractivity contribution >= 4 is 5.91 Å². The lowest BCUT2D eigenvalue weighted by molar-refractivity contribution is -0.0328. The van der Waals surface area contributed by atoms with Gasteiger partial charge in [0, 0.05) is 18.5 Å². The number of carbonyl (C=O) groups is 1. The number of aromatic nitrogens is 4. The smallest absolute Gasteiger partial charge is 0.291 e. The van der Waals surface area contributed by atoms with E-state index in [1.165, 1.54) is 0 Å². The van der Waals surface area contributed by atoms with Crippen LogP contribution in [0.5, 0.6) is 0 Å². The molecule has 0 unspecified atom stereocenters. The molecule has 8 heteroatoms. The Morgan fingerprint density at radius 1 is 1.42 bits per heavy atom. The van der Waals surface area contributed by atoms with Gasteiger partial charge in [-0.1, -0.05) is 5.21 Å². The van der Waals surface area contributed by atoms with E-state index >= 15 is 0 Å². The average molecular weight is 359 g/mol. The summed E-state index contributed by atoms with van der Waals surface area (Å²) < 4.78 is 7.47. The molecule has 1 atom stereocenters. The van der Waals surface area contributed by atoms with E-state index in [-0.39, 0.29) is 18.5 Å². The molecule has 1 N–H and O–H groups in total. The van der Waals surface area contributed by atoms with Crippen LogP contribution in [-0.4, -0.2) is 49.0 Å². The van der Waals surface area contributed by atoms with Crippen LogP contribution in [0.1, 0.15) is 79.3 Å². The largest absolute Gasteiger partial charge is 0.435 e. The molecule has 0 aromatic carbocycles. The van der Waals surface area contributed by atoms with Crippen molar-refractivity contribution in [3.05, 3.63) is 29.2 Å². The van der Waals surface area contributed by atoms with Gasteiger partial charge in [0.25, 0.3) is 5.91 Å². The van der Waals surface area contributed by atoms with Crippen molar-refractivity contribution in [1.29, 1.82) is 0 Å². The van der Waals surface area contributed by atoms with Crippen LogP contribution < -0.4 is 0 Å². The zero-order chi connectivity index (χ0) is 18.5. The summed E-state index contributed by atoms with van der Waals surface area (Å²) in [7, 11) is 0.